The molecule has 110 valence electrons. The Balaban J connectivity index is 1.56. The molecule has 4 unspecified atom stereocenters. The molecule has 0 bridgehead atoms. The predicted octanol–water partition coefficient (Wildman–Crippen LogP) is 3.42. The van der Waals surface area contributed by atoms with Crippen molar-refractivity contribution >= 4 is 0 Å². The smallest absolute Gasteiger partial charge is 0.0200 e. The second-order valence-corrected chi connectivity index (χ2v) is 7.43. The summed E-state index contributed by atoms with van der Waals surface area (Å²) in [5.74, 6) is 1.88. The average molecular weight is 264 g/mol. The molecule has 1 aliphatic heterocycles. The first-order valence-corrected chi connectivity index (χ1v) is 8.76. The number of piperidine rings is 1. The van der Waals surface area contributed by atoms with Crippen molar-refractivity contribution in [2.45, 2.75) is 83.3 Å². The molecular weight excluding hydrogens is 232 g/mol. The minimum Gasteiger partial charge on any atom is -0.310 e. The Labute approximate surface area is 119 Å². The molecule has 2 nitrogen and oxygen atoms in total. The molecule has 3 fully saturated rings. The fourth-order valence-electron chi connectivity index (χ4n) is 4.55. The lowest BCUT2D eigenvalue weighted by molar-refractivity contribution is 0.0203. The third-order valence-corrected chi connectivity index (χ3v) is 6.01. The van der Waals surface area contributed by atoms with Gasteiger partial charge in [0.1, 0.15) is 0 Å². The number of rotatable bonds is 4. The number of nitrogens with one attached hydrogen (secondary N) is 1. The third kappa shape index (κ3) is 3.16. The van der Waals surface area contributed by atoms with Gasteiger partial charge >= 0.3 is 0 Å². The van der Waals surface area contributed by atoms with Crippen LogP contribution in [0.15, 0.2) is 0 Å². The SMILES string of the molecule is CCC1CC(NC2CCCC2)CN(C2CCC2C)C1. The van der Waals surface area contributed by atoms with Gasteiger partial charge in [-0.05, 0) is 43.9 Å². The Morgan fingerprint density at radius 2 is 1.79 bits per heavy atom. The molecule has 3 rings (SSSR count). The van der Waals surface area contributed by atoms with E-state index in [0.717, 1.165) is 30.0 Å². The summed E-state index contributed by atoms with van der Waals surface area (Å²) in [4.78, 5) is 2.83. The molecule has 0 aromatic heterocycles. The Morgan fingerprint density at radius 3 is 2.37 bits per heavy atom. The van der Waals surface area contributed by atoms with Crippen LogP contribution in [0.3, 0.4) is 0 Å². The molecule has 4 atom stereocenters. The van der Waals surface area contributed by atoms with Crippen LogP contribution >= 0.6 is 0 Å². The number of hydrogen-bond donors (Lipinski definition) is 1. The van der Waals surface area contributed by atoms with E-state index in [-0.39, 0.29) is 0 Å². The molecule has 2 heteroatoms. The van der Waals surface area contributed by atoms with Gasteiger partial charge in [-0.1, -0.05) is 33.1 Å². The topological polar surface area (TPSA) is 15.3 Å². The van der Waals surface area contributed by atoms with Gasteiger partial charge in [0.25, 0.3) is 0 Å². The summed E-state index contributed by atoms with van der Waals surface area (Å²) in [5.41, 5.74) is 0. The van der Waals surface area contributed by atoms with Gasteiger partial charge in [-0.15, -0.1) is 0 Å². The van der Waals surface area contributed by atoms with E-state index in [4.69, 9.17) is 0 Å². The number of nitrogens with zero attached hydrogens (tertiary/aromatic N) is 1. The van der Waals surface area contributed by atoms with Crippen LogP contribution in [-0.2, 0) is 0 Å². The van der Waals surface area contributed by atoms with Gasteiger partial charge in [0.05, 0.1) is 0 Å². The third-order valence-electron chi connectivity index (χ3n) is 6.01. The van der Waals surface area contributed by atoms with Crippen LogP contribution in [-0.4, -0.2) is 36.1 Å². The van der Waals surface area contributed by atoms with Crippen molar-refractivity contribution in [3.8, 4) is 0 Å². The molecule has 2 aliphatic carbocycles. The molecule has 1 N–H and O–H groups in total. The van der Waals surface area contributed by atoms with Crippen LogP contribution in [0, 0.1) is 11.8 Å². The van der Waals surface area contributed by atoms with Gasteiger partial charge in [-0.25, -0.2) is 0 Å². The van der Waals surface area contributed by atoms with E-state index in [2.05, 4.69) is 24.1 Å². The Morgan fingerprint density at radius 1 is 1.00 bits per heavy atom. The molecule has 0 spiro atoms. The van der Waals surface area contributed by atoms with E-state index in [0.29, 0.717) is 0 Å². The predicted molar refractivity (Wildman–Crippen MR) is 81.3 cm³/mol. The molecule has 0 amide bonds. The molecule has 0 radical (unpaired) electrons. The van der Waals surface area contributed by atoms with Crippen molar-refractivity contribution < 1.29 is 0 Å². The summed E-state index contributed by atoms with van der Waals surface area (Å²) >= 11 is 0. The number of hydrogen-bond acceptors (Lipinski definition) is 2. The van der Waals surface area contributed by atoms with Crippen molar-refractivity contribution in [1.82, 2.24) is 10.2 Å². The zero-order valence-corrected chi connectivity index (χ0v) is 12.9. The number of likely N-dealkylation sites (tertiary alicyclic amines) is 1. The second-order valence-electron chi connectivity index (χ2n) is 7.43. The molecule has 3 aliphatic rings. The summed E-state index contributed by atoms with van der Waals surface area (Å²) in [5, 5.41) is 3.99. The Hall–Kier alpha value is -0.0800. The van der Waals surface area contributed by atoms with Crippen molar-refractivity contribution in [1.29, 1.82) is 0 Å². The fraction of sp³-hybridized carbons (Fsp3) is 1.00. The lowest BCUT2D eigenvalue weighted by atomic mass is 9.78. The maximum absolute atomic E-state index is 3.99. The lowest BCUT2D eigenvalue weighted by Gasteiger charge is -2.49. The van der Waals surface area contributed by atoms with Crippen LogP contribution in [0.2, 0.25) is 0 Å². The molecule has 19 heavy (non-hydrogen) atoms. The van der Waals surface area contributed by atoms with E-state index in [9.17, 15) is 0 Å². The fourth-order valence-corrected chi connectivity index (χ4v) is 4.55. The largest absolute Gasteiger partial charge is 0.310 e. The molecule has 1 heterocycles. The van der Waals surface area contributed by atoms with Crippen LogP contribution in [0.5, 0.6) is 0 Å². The monoisotopic (exact) mass is 264 g/mol. The van der Waals surface area contributed by atoms with Gasteiger partial charge in [0.2, 0.25) is 0 Å². The highest BCUT2D eigenvalue weighted by Gasteiger charge is 2.37. The lowest BCUT2D eigenvalue weighted by Crippen LogP contribution is -2.57. The summed E-state index contributed by atoms with van der Waals surface area (Å²) in [6, 6.07) is 2.51. The maximum atomic E-state index is 3.99. The molecule has 0 aromatic rings. The second kappa shape index (κ2) is 6.13. The Bertz CT molecular complexity index is 285. The first-order chi connectivity index (χ1) is 9.26. The van der Waals surface area contributed by atoms with E-state index in [1.807, 2.05) is 0 Å². The van der Waals surface area contributed by atoms with Gasteiger partial charge in [-0.3, -0.25) is 4.90 Å². The van der Waals surface area contributed by atoms with E-state index in [1.165, 1.54) is 64.5 Å². The van der Waals surface area contributed by atoms with Crippen LogP contribution in [0.1, 0.15) is 65.2 Å². The zero-order valence-electron chi connectivity index (χ0n) is 12.9. The van der Waals surface area contributed by atoms with E-state index < -0.39 is 0 Å². The molecular formula is C17H32N2. The van der Waals surface area contributed by atoms with Crippen molar-refractivity contribution in [2.24, 2.45) is 11.8 Å². The summed E-state index contributed by atoms with van der Waals surface area (Å²) in [7, 11) is 0. The highest BCUT2D eigenvalue weighted by atomic mass is 15.2. The van der Waals surface area contributed by atoms with E-state index in [1.54, 1.807) is 0 Å². The average Bonchev–Trinajstić information content (AvgIpc) is 2.89. The van der Waals surface area contributed by atoms with Gasteiger partial charge < -0.3 is 5.32 Å². The molecule has 0 aromatic carbocycles. The van der Waals surface area contributed by atoms with Crippen molar-refractivity contribution in [2.75, 3.05) is 13.1 Å². The summed E-state index contributed by atoms with van der Waals surface area (Å²) in [6.07, 6.45) is 11.4. The van der Waals surface area contributed by atoms with Gasteiger partial charge in [-0.2, -0.15) is 0 Å². The van der Waals surface area contributed by atoms with Crippen molar-refractivity contribution in [3.05, 3.63) is 0 Å². The van der Waals surface area contributed by atoms with Gasteiger partial charge in [0, 0.05) is 31.2 Å². The van der Waals surface area contributed by atoms with Crippen LogP contribution in [0.25, 0.3) is 0 Å². The minimum atomic E-state index is 0.773. The van der Waals surface area contributed by atoms with E-state index >= 15 is 0 Å². The first-order valence-electron chi connectivity index (χ1n) is 8.76. The standard InChI is InChI=1S/C17H32N2/c1-3-14-10-16(18-15-6-4-5-7-15)12-19(11-14)17-9-8-13(17)2/h13-18H,3-12H2,1-2H3. The first kappa shape index (κ1) is 13.9. The normalized spacial score (nSPS) is 41.4. The van der Waals surface area contributed by atoms with Gasteiger partial charge in [0.15, 0.2) is 0 Å². The maximum Gasteiger partial charge on any atom is 0.0200 e. The molecule has 2 saturated carbocycles. The minimum absolute atomic E-state index is 0.773. The van der Waals surface area contributed by atoms with Crippen molar-refractivity contribution in [3.63, 3.8) is 0 Å². The zero-order chi connectivity index (χ0) is 13.2. The molecule has 1 saturated heterocycles. The summed E-state index contributed by atoms with van der Waals surface area (Å²) in [6.45, 7) is 7.52. The van der Waals surface area contributed by atoms with Crippen LogP contribution in [0.4, 0.5) is 0 Å². The highest BCUT2D eigenvalue weighted by Crippen LogP contribution is 2.35. The quantitative estimate of drug-likeness (QED) is 0.837. The summed E-state index contributed by atoms with van der Waals surface area (Å²) < 4.78 is 0. The highest BCUT2D eigenvalue weighted by molar-refractivity contribution is 4.93. The Kier molecular flexibility index (Phi) is 4.48. The van der Waals surface area contributed by atoms with Crippen LogP contribution < -0.4 is 5.32 Å².